The van der Waals surface area contributed by atoms with Crippen LogP contribution in [0, 0.1) is 17.8 Å². The highest BCUT2D eigenvalue weighted by Crippen LogP contribution is 2.48. The topological polar surface area (TPSA) is 75.3 Å². The van der Waals surface area contributed by atoms with Gasteiger partial charge in [-0.05, 0) is 107 Å². The molecule has 1 aliphatic rings. The van der Waals surface area contributed by atoms with Crippen LogP contribution in [0.5, 0.6) is 0 Å². The van der Waals surface area contributed by atoms with Crippen LogP contribution in [0.4, 0.5) is 0 Å². The maximum absolute atomic E-state index is 12.1. The van der Waals surface area contributed by atoms with Gasteiger partial charge in [0.1, 0.15) is 0 Å². The van der Waals surface area contributed by atoms with Crippen LogP contribution in [0.1, 0.15) is 109 Å². The number of benzene rings is 1. The van der Waals surface area contributed by atoms with E-state index in [1.807, 2.05) is 7.05 Å². The fraction of sp³-hybridized carbons (Fsp3) is 0.719. The molecule has 0 radical (unpaired) electrons. The fourth-order valence-corrected chi connectivity index (χ4v) is 6.76. The number of hydrogen-bond acceptors (Lipinski definition) is 3. The standard InChI is InChI=1S/C32H54N2O2/c1-3-4-5-6-7-8-9-10-12-17-27(26-34-2)30(20-23-33)28(24-31(35)36)25-32(21-15-16-22-32)29-18-13-11-14-19-29/h8-9,11,13-14,18-19,27-28,30,34H,3-7,10,12,15-17,20-26,33H2,1-2H3,(H,35,36)/t27-,28-,30+/m1/s1. The maximum atomic E-state index is 12.1. The molecule has 1 saturated carbocycles. The third kappa shape index (κ3) is 10.4. The summed E-state index contributed by atoms with van der Waals surface area (Å²) in [5, 5.41) is 13.4. The predicted octanol–water partition coefficient (Wildman–Crippen LogP) is 7.48. The van der Waals surface area contributed by atoms with Crippen molar-refractivity contribution in [2.75, 3.05) is 20.1 Å². The Labute approximate surface area is 221 Å². The molecule has 3 atom stereocenters. The first-order valence-electron chi connectivity index (χ1n) is 14.8. The predicted molar refractivity (Wildman–Crippen MR) is 153 cm³/mol. The normalized spacial score (nSPS) is 17.9. The highest BCUT2D eigenvalue weighted by atomic mass is 16.4. The number of rotatable bonds is 20. The largest absolute Gasteiger partial charge is 0.481 e. The molecule has 0 amide bonds. The van der Waals surface area contributed by atoms with E-state index in [-0.39, 0.29) is 17.8 Å². The Balaban J connectivity index is 2.11. The monoisotopic (exact) mass is 498 g/mol. The average Bonchev–Trinajstić information content (AvgIpc) is 3.35. The zero-order valence-corrected chi connectivity index (χ0v) is 23.2. The molecule has 4 heteroatoms. The zero-order valence-electron chi connectivity index (χ0n) is 23.2. The molecular weight excluding hydrogens is 444 g/mol. The number of carboxylic acid groups (broad SMARTS) is 1. The van der Waals surface area contributed by atoms with Gasteiger partial charge >= 0.3 is 5.97 Å². The van der Waals surface area contributed by atoms with E-state index in [0.717, 1.165) is 38.6 Å². The Bertz CT molecular complexity index is 727. The summed E-state index contributed by atoms with van der Waals surface area (Å²) in [6, 6.07) is 10.9. The number of carbonyl (C=O) groups is 1. The Kier molecular flexibility index (Phi) is 15.1. The SMILES string of the molecule is CCCCCCC=CCCC[C@H](CNC)[C@H](CCN)[C@H](CC(=O)O)CC1(c2ccccc2)CCCC1. The van der Waals surface area contributed by atoms with Gasteiger partial charge in [0.2, 0.25) is 0 Å². The molecule has 36 heavy (non-hydrogen) atoms. The van der Waals surface area contributed by atoms with E-state index in [9.17, 15) is 9.90 Å². The van der Waals surface area contributed by atoms with Crippen molar-refractivity contribution in [3.05, 3.63) is 48.0 Å². The molecule has 1 aromatic rings. The summed E-state index contributed by atoms with van der Waals surface area (Å²) in [6.45, 7) is 3.81. The van der Waals surface area contributed by atoms with E-state index in [0.29, 0.717) is 18.4 Å². The van der Waals surface area contributed by atoms with Gasteiger partial charge in [0, 0.05) is 6.42 Å². The van der Waals surface area contributed by atoms with Gasteiger partial charge in [-0.3, -0.25) is 4.79 Å². The summed E-state index contributed by atoms with van der Waals surface area (Å²) in [6.07, 6.45) is 21.5. The van der Waals surface area contributed by atoms with E-state index < -0.39 is 5.97 Å². The molecule has 0 aromatic heterocycles. The number of unbranched alkanes of at least 4 members (excludes halogenated alkanes) is 5. The minimum Gasteiger partial charge on any atom is -0.481 e. The van der Waals surface area contributed by atoms with Crippen LogP contribution >= 0.6 is 0 Å². The van der Waals surface area contributed by atoms with Crippen LogP contribution < -0.4 is 11.1 Å². The van der Waals surface area contributed by atoms with E-state index >= 15 is 0 Å². The summed E-state index contributed by atoms with van der Waals surface area (Å²) >= 11 is 0. The van der Waals surface area contributed by atoms with Crippen molar-refractivity contribution in [2.24, 2.45) is 23.5 Å². The Morgan fingerprint density at radius 3 is 2.33 bits per heavy atom. The first-order chi connectivity index (χ1) is 17.6. The van der Waals surface area contributed by atoms with Crippen LogP contribution in [-0.4, -0.2) is 31.2 Å². The number of hydrogen-bond donors (Lipinski definition) is 3. The maximum Gasteiger partial charge on any atom is 0.303 e. The summed E-state index contributed by atoms with van der Waals surface area (Å²) in [5.41, 5.74) is 7.66. The first-order valence-corrected chi connectivity index (χ1v) is 14.8. The van der Waals surface area contributed by atoms with Crippen molar-refractivity contribution < 1.29 is 9.90 Å². The second-order valence-electron chi connectivity index (χ2n) is 11.2. The minimum atomic E-state index is -0.669. The second kappa shape index (κ2) is 17.7. The van der Waals surface area contributed by atoms with Crippen molar-refractivity contribution in [3.8, 4) is 0 Å². The van der Waals surface area contributed by atoms with Crippen molar-refractivity contribution in [1.82, 2.24) is 5.32 Å². The zero-order chi connectivity index (χ0) is 26.1. The molecule has 1 aromatic carbocycles. The molecule has 0 unspecified atom stereocenters. The lowest BCUT2D eigenvalue weighted by molar-refractivity contribution is -0.139. The highest BCUT2D eigenvalue weighted by molar-refractivity contribution is 5.67. The average molecular weight is 499 g/mol. The Morgan fingerprint density at radius 2 is 1.72 bits per heavy atom. The van der Waals surface area contributed by atoms with Gasteiger partial charge in [-0.2, -0.15) is 0 Å². The molecule has 4 nitrogen and oxygen atoms in total. The summed E-state index contributed by atoms with van der Waals surface area (Å²) < 4.78 is 0. The van der Waals surface area contributed by atoms with E-state index in [1.165, 1.54) is 63.4 Å². The first kappa shape index (κ1) is 30.6. The summed E-state index contributed by atoms with van der Waals surface area (Å²) in [7, 11) is 2.03. The van der Waals surface area contributed by atoms with Crippen LogP contribution in [0.25, 0.3) is 0 Å². The lowest BCUT2D eigenvalue weighted by Gasteiger charge is -2.40. The molecule has 4 N–H and O–H groups in total. The molecule has 1 fully saturated rings. The van der Waals surface area contributed by atoms with Gasteiger partial charge in [-0.1, -0.05) is 81.5 Å². The molecular formula is C32H54N2O2. The fourth-order valence-electron chi connectivity index (χ4n) is 6.76. The third-order valence-electron chi connectivity index (χ3n) is 8.55. The number of aliphatic carboxylic acids is 1. The van der Waals surface area contributed by atoms with E-state index in [1.54, 1.807) is 0 Å². The van der Waals surface area contributed by atoms with Crippen LogP contribution in [0.15, 0.2) is 42.5 Å². The van der Waals surface area contributed by atoms with Crippen molar-refractivity contribution >= 4 is 5.97 Å². The molecule has 0 bridgehead atoms. The van der Waals surface area contributed by atoms with Crippen LogP contribution in [0.2, 0.25) is 0 Å². The third-order valence-corrected chi connectivity index (χ3v) is 8.55. The highest BCUT2D eigenvalue weighted by Gasteiger charge is 2.41. The van der Waals surface area contributed by atoms with Gasteiger partial charge in [0.15, 0.2) is 0 Å². The molecule has 0 heterocycles. The van der Waals surface area contributed by atoms with Gasteiger partial charge in [-0.25, -0.2) is 0 Å². The molecule has 204 valence electrons. The lowest BCUT2D eigenvalue weighted by atomic mass is 9.65. The van der Waals surface area contributed by atoms with Gasteiger partial charge < -0.3 is 16.2 Å². The second-order valence-corrected chi connectivity index (χ2v) is 11.2. The van der Waals surface area contributed by atoms with Crippen LogP contribution in [0.3, 0.4) is 0 Å². The number of nitrogens with two attached hydrogens (primary N) is 1. The quantitative estimate of drug-likeness (QED) is 0.129. The number of allylic oxidation sites excluding steroid dienone is 2. The van der Waals surface area contributed by atoms with Crippen molar-refractivity contribution in [2.45, 2.75) is 109 Å². The lowest BCUT2D eigenvalue weighted by Crippen LogP contribution is -2.37. The molecule has 0 saturated heterocycles. The molecule has 2 rings (SSSR count). The minimum absolute atomic E-state index is 0.110. The van der Waals surface area contributed by atoms with Gasteiger partial charge in [-0.15, -0.1) is 0 Å². The smallest absolute Gasteiger partial charge is 0.303 e. The van der Waals surface area contributed by atoms with Crippen LogP contribution in [-0.2, 0) is 10.2 Å². The summed E-state index contributed by atoms with van der Waals surface area (Å²) in [4.78, 5) is 12.1. The Hall–Kier alpha value is -1.65. The van der Waals surface area contributed by atoms with E-state index in [2.05, 4.69) is 54.7 Å². The van der Waals surface area contributed by atoms with Gasteiger partial charge in [0.05, 0.1) is 0 Å². The molecule has 0 aliphatic heterocycles. The number of carboxylic acids is 1. The van der Waals surface area contributed by atoms with Crippen molar-refractivity contribution in [1.29, 1.82) is 0 Å². The molecule has 1 aliphatic carbocycles. The van der Waals surface area contributed by atoms with Crippen molar-refractivity contribution in [3.63, 3.8) is 0 Å². The molecule has 0 spiro atoms. The Morgan fingerprint density at radius 1 is 1.03 bits per heavy atom. The number of nitrogens with one attached hydrogen (secondary N) is 1. The van der Waals surface area contributed by atoms with Gasteiger partial charge in [0.25, 0.3) is 0 Å². The summed E-state index contributed by atoms with van der Waals surface area (Å²) in [5.74, 6) is 0.266. The van der Waals surface area contributed by atoms with E-state index in [4.69, 9.17) is 5.73 Å².